The fraction of sp³-hybridized carbons (Fsp3) is 0.176. The molecule has 1 N–H and O–H groups in total. The largest absolute Gasteiger partial charge is 0.495 e. The van der Waals surface area contributed by atoms with Crippen LogP contribution in [0.25, 0.3) is 0 Å². The number of nitrogens with one attached hydrogen (secondary N) is 1. The number of para-hydroxylation sites is 2. The molecule has 0 aromatic heterocycles. The molecule has 0 radical (unpaired) electrons. The van der Waals surface area contributed by atoms with E-state index in [1.165, 1.54) is 26.2 Å². The highest BCUT2D eigenvalue weighted by atomic mass is 32.2. The average Bonchev–Trinajstić information content (AvgIpc) is 2.61. The molecule has 0 amide bonds. The van der Waals surface area contributed by atoms with E-state index in [1.807, 2.05) is 0 Å². The number of nitrogens with zero attached hydrogens (tertiary/aromatic N) is 1. The van der Waals surface area contributed by atoms with Gasteiger partial charge in [-0.25, -0.2) is 17.6 Å². The number of nitriles is 1. The number of ether oxygens (including phenoxy) is 2. The summed E-state index contributed by atoms with van der Waals surface area (Å²) in [4.78, 5) is 11.2. The van der Waals surface area contributed by atoms with Crippen molar-refractivity contribution in [3.8, 4) is 11.8 Å². The van der Waals surface area contributed by atoms with Crippen LogP contribution < -0.4 is 9.46 Å². The molecule has 2 aromatic carbocycles. The summed E-state index contributed by atoms with van der Waals surface area (Å²) < 4.78 is 51.2. The molecule has 0 bridgehead atoms. The monoisotopic (exact) mass is 378 g/mol. The lowest BCUT2D eigenvalue weighted by Gasteiger charge is -2.13. The molecule has 0 unspecified atom stereocenters. The van der Waals surface area contributed by atoms with Gasteiger partial charge >= 0.3 is 5.97 Å². The van der Waals surface area contributed by atoms with Gasteiger partial charge in [0.2, 0.25) is 0 Å². The van der Waals surface area contributed by atoms with Crippen molar-refractivity contribution in [2.45, 2.75) is 17.9 Å². The van der Waals surface area contributed by atoms with E-state index in [0.717, 1.165) is 18.2 Å². The topological polar surface area (TPSA) is 105 Å². The highest BCUT2D eigenvalue weighted by molar-refractivity contribution is 7.92. The van der Waals surface area contributed by atoms with E-state index in [0.29, 0.717) is 0 Å². The Morgan fingerprint density at radius 3 is 2.62 bits per heavy atom. The van der Waals surface area contributed by atoms with Crippen molar-refractivity contribution in [1.82, 2.24) is 0 Å². The van der Waals surface area contributed by atoms with Crippen LogP contribution in [0.1, 0.15) is 17.3 Å². The normalized spacial score (nSPS) is 11.9. The lowest BCUT2D eigenvalue weighted by molar-refractivity contribution is 0.0435. The van der Waals surface area contributed by atoms with Crippen molar-refractivity contribution in [3.05, 3.63) is 53.8 Å². The summed E-state index contributed by atoms with van der Waals surface area (Å²) in [6.07, 6.45) is -1.03. The summed E-state index contributed by atoms with van der Waals surface area (Å²) in [7, 11) is -2.98. The molecule has 0 fully saturated rings. The Morgan fingerprint density at radius 1 is 1.27 bits per heavy atom. The molecule has 1 atom stereocenters. The van der Waals surface area contributed by atoms with Crippen molar-refractivity contribution in [2.75, 3.05) is 11.8 Å². The second kappa shape index (κ2) is 7.84. The van der Waals surface area contributed by atoms with Crippen LogP contribution in [0.4, 0.5) is 10.1 Å². The number of hydrogen-bond acceptors (Lipinski definition) is 6. The first-order chi connectivity index (χ1) is 12.3. The number of anilines is 1. The van der Waals surface area contributed by atoms with Gasteiger partial charge in [-0.05, 0) is 37.3 Å². The zero-order chi connectivity index (χ0) is 19.3. The molecule has 0 aliphatic heterocycles. The third kappa shape index (κ3) is 4.29. The van der Waals surface area contributed by atoms with Crippen molar-refractivity contribution in [1.29, 1.82) is 5.26 Å². The van der Waals surface area contributed by atoms with Crippen LogP contribution in [0.3, 0.4) is 0 Å². The van der Waals surface area contributed by atoms with Crippen LogP contribution in [0.5, 0.6) is 5.75 Å². The fourth-order valence-electron chi connectivity index (χ4n) is 2.02. The molecule has 0 heterocycles. The number of sulfonamides is 1. The molecule has 0 aliphatic rings. The predicted octanol–water partition coefficient (Wildman–Crippen LogP) is 2.70. The van der Waals surface area contributed by atoms with Gasteiger partial charge in [0.05, 0.1) is 18.4 Å². The molecule has 0 spiro atoms. The standard InChI is InChI=1S/C17H15FN2O5S/c1-11(10-19)25-17(21)12-7-8-13(18)16(9-12)26(22,23)20-14-5-3-4-6-15(14)24-2/h3-9,11,20H,1-2H3/t11-/m1/s1. The van der Waals surface area contributed by atoms with Crippen molar-refractivity contribution in [2.24, 2.45) is 0 Å². The van der Waals surface area contributed by atoms with E-state index < -0.39 is 32.8 Å². The first-order valence-electron chi connectivity index (χ1n) is 7.34. The third-order valence-electron chi connectivity index (χ3n) is 3.27. The first kappa shape index (κ1) is 19.2. The van der Waals surface area contributed by atoms with Crippen molar-refractivity contribution in [3.63, 3.8) is 0 Å². The summed E-state index contributed by atoms with van der Waals surface area (Å²) in [5, 5.41) is 8.67. The SMILES string of the molecule is COc1ccccc1NS(=O)(=O)c1cc(C(=O)O[C@H](C)C#N)ccc1F. The van der Waals surface area contributed by atoms with Gasteiger partial charge in [-0.2, -0.15) is 5.26 Å². The van der Waals surface area contributed by atoms with E-state index in [-0.39, 0.29) is 17.0 Å². The lowest BCUT2D eigenvalue weighted by atomic mass is 10.2. The molecule has 0 saturated carbocycles. The maximum Gasteiger partial charge on any atom is 0.339 e. The van der Waals surface area contributed by atoms with Crippen LogP contribution in [-0.2, 0) is 14.8 Å². The van der Waals surface area contributed by atoms with Crippen LogP contribution in [0, 0.1) is 17.1 Å². The van der Waals surface area contributed by atoms with Gasteiger partial charge in [-0.1, -0.05) is 12.1 Å². The number of esters is 1. The van der Waals surface area contributed by atoms with E-state index in [1.54, 1.807) is 18.2 Å². The minimum Gasteiger partial charge on any atom is -0.495 e. The fourth-order valence-corrected chi connectivity index (χ4v) is 3.19. The van der Waals surface area contributed by atoms with Crippen molar-refractivity contribution < 1.29 is 27.1 Å². The quantitative estimate of drug-likeness (QED) is 0.775. The Kier molecular flexibility index (Phi) is 5.79. The van der Waals surface area contributed by atoms with Crippen LogP contribution >= 0.6 is 0 Å². The minimum absolute atomic E-state index is 0.112. The zero-order valence-corrected chi connectivity index (χ0v) is 14.7. The second-order valence-corrected chi connectivity index (χ2v) is 6.78. The van der Waals surface area contributed by atoms with Gasteiger partial charge in [0.15, 0.2) is 6.10 Å². The van der Waals surface area contributed by atoms with Crippen LogP contribution in [0.2, 0.25) is 0 Å². The van der Waals surface area contributed by atoms with Crippen molar-refractivity contribution >= 4 is 21.7 Å². The Balaban J connectivity index is 2.39. The number of carbonyl (C=O) groups excluding carboxylic acids is 1. The van der Waals surface area contributed by atoms with Gasteiger partial charge in [0.25, 0.3) is 10.0 Å². The smallest absolute Gasteiger partial charge is 0.339 e. The van der Waals surface area contributed by atoms with Gasteiger partial charge in [0, 0.05) is 0 Å². The minimum atomic E-state index is -4.34. The Morgan fingerprint density at radius 2 is 1.96 bits per heavy atom. The van der Waals surface area contributed by atoms with Gasteiger partial charge in [0.1, 0.15) is 22.5 Å². The van der Waals surface area contributed by atoms with E-state index in [9.17, 15) is 17.6 Å². The molecule has 2 aromatic rings. The highest BCUT2D eigenvalue weighted by Gasteiger charge is 2.23. The number of rotatable bonds is 6. The maximum atomic E-state index is 14.1. The second-order valence-electron chi connectivity index (χ2n) is 5.13. The zero-order valence-electron chi connectivity index (χ0n) is 13.9. The molecule has 2 rings (SSSR count). The summed E-state index contributed by atoms with van der Waals surface area (Å²) in [6.45, 7) is 1.35. The number of methoxy groups -OCH3 is 1. The lowest BCUT2D eigenvalue weighted by Crippen LogP contribution is -2.17. The Labute approximate surface area is 150 Å². The van der Waals surface area contributed by atoms with E-state index >= 15 is 0 Å². The number of halogens is 1. The number of hydrogen-bond donors (Lipinski definition) is 1. The predicted molar refractivity (Wildman–Crippen MR) is 90.7 cm³/mol. The molecule has 26 heavy (non-hydrogen) atoms. The molecule has 136 valence electrons. The number of benzene rings is 2. The maximum absolute atomic E-state index is 14.1. The third-order valence-corrected chi connectivity index (χ3v) is 4.65. The summed E-state index contributed by atoms with van der Waals surface area (Å²) in [6, 6.07) is 10.7. The van der Waals surface area contributed by atoms with Gasteiger partial charge in [-0.15, -0.1) is 0 Å². The highest BCUT2D eigenvalue weighted by Crippen LogP contribution is 2.27. The Bertz CT molecular complexity index is 969. The summed E-state index contributed by atoms with van der Waals surface area (Å²) in [5.74, 6) is -1.74. The summed E-state index contributed by atoms with van der Waals surface area (Å²) >= 11 is 0. The molecule has 0 aliphatic carbocycles. The molecule has 7 nitrogen and oxygen atoms in total. The average molecular weight is 378 g/mol. The van der Waals surface area contributed by atoms with E-state index in [2.05, 4.69) is 4.72 Å². The molecule has 9 heteroatoms. The first-order valence-corrected chi connectivity index (χ1v) is 8.83. The molecular formula is C17H15FN2O5S. The van der Waals surface area contributed by atoms with Crippen LogP contribution in [-0.4, -0.2) is 27.6 Å². The Hall–Kier alpha value is -3.12. The summed E-state index contributed by atoms with van der Waals surface area (Å²) in [5.41, 5.74) is -0.0885. The van der Waals surface area contributed by atoms with E-state index in [4.69, 9.17) is 14.7 Å². The number of carbonyl (C=O) groups is 1. The molecular weight excluding hydrogens is 363 g/mol. The van der Waals surface area contributed by atoms with Gasteiger partial charge < -0.3 is 9.47 Å². The van der Waals surface area contributed by atoms with Gasteiger partial charge in [-0.3, -0.25) is 4.72 Å². The van der Waals surface area contributed by atoms with Crippen LogP contribution in [0.15, 0.2) is 47.4 Å². The molecule has 0 saturated heterocycles.